The summed E-state index contributed by atoms with van der Waals surface area (Å²) in [5, 5.41) is 12.0. The Balaban J connectivity index is 0.000000202. The van der Waals surface area contributed by atoms with Gasteiger partial charge in [0.05, 0.1) is 59.3 Å². The lowest BCUT2D eigenvalue weighted by Gasteiger charge is -2.37. The average Bonchev–Trinajstić information content (AvgIpc) is 2.78. The van der Waals surface area contributed by atoms with Gasteiger partial charge in [-0.15, -0.1) is 0 Å². The highest BCUT2D eigenvalue weighted by atomic mass is 128. The Hall–Kier alpha value is -7.94. The maximum atomic E-state index is 15.4. The van der Waals surface area contributed by atoms with Gasteiger partial charge in [-0.05, 0) is 130 Å². The second-order valence-electron chi connectivity index (χ2n) is 21.7. The highest BCUT2D eigenvalue weighted by molar-refractivity contribution is 15.0. The van der Waals surface area contributed by atoms with Crippen molar-refractivity contribution in [3.8, 4) is 17.2 Å². The minimum atomic E-state index is -1.55. The van der Waals surface area contributed by atoms with E-state index in [9.17, 15) is 9.59 Å². The molecule has 2 fully saturated rings. The lowest BCUT2D eigenvalue weighted by Crippen LogP contribution is -2.45. The van der Waals surface area contributed by atoms with Crippen molar-refractivity contribution >= 4 is 107 Å². The summed E-state index contributed by atoms with van der Waals surface area (Å²) in [5.41, 5.74) is 2.16. The Bertz CT molecular complexity index is 3390. The molecule has 470 valence electrons. The summed E-state index contributed by atoms with van der Waals surface area (Å²) in [6.45, 7) is 5.99. The van der Waals surface area contributed by atoms with Crippen molar-refractivity contribution in [2.75, 3.05) is 98.9 Å². The molecule has 0 aliphatic carbocycles. The van der Waals surface area contributed by atoms with E-state index in [1.54, 1.807) is 66.9 Å². The first-order valence-electron chi connectivity index (χ1n) is 28.7. The van der Waals surface area contributed by atoms with Crippen LogP contribution in [-0.2, 0) is 23.8 Å². The fraction of sp³-hybridized carbons (Fsp3) is 0.313. The lowest BCUT2D eigenvalue weighted by atomic mass is 9.94. The van der Waals surface area contributed by atoms with E-state index in [2.05, 4.69) is 52.5 Å². The van der Waals surface area contributed by atoms with Crippen molar-refractivity contribution in [1.29, 1.82) is 0 Å². The molecular weight excluding hydrogens is 1370 g/mol. The van der Waals surface area contributed by atoms with Gasteiger partial charge in [0, 0.05) is 123 Å². The number of nitrogens with zero attached hydrogens (tertiary/aromatic N) is 8. The molecule has 0 bridgehead atoms. The molecule has 6 aromatic carbocycles. The monoisotopic (exact) mass is 1440 g/mol. The summed E-state index contributed by atoms with van der Waals surface area (Å²) in [6.07, 6.45) is 7.75. The summed E-state index contributed by atoms with van der Waals surface area (Å²) in [5.74, 6) is 3.40. The molecule has 10 rings (SSSR count). The fourth-order valence-electron chi connectivity index (χ4n) is 9.59. The van der Waals surface area contributed by atoms with Gasteiger partial charge in [0.2, 0.25) is 0 Å². The molecule has 18 nitrogen and oxygen atoms in total. The van der Waals surface area contributed by atoms with Crippen LogP contribution in [0.2, 0.25) is 0 Å². The zero-order chi connectivity index (χ0) is 63.7. The van der Waals surface area contributed by atoms with Crippen LogP contribution < -0.4 is 39.1 Å². The van der Waals surface area contributed by atoms with Gasteiger partial charge < -0.3 is 48.6 Å². The van der Waals surface area contributed by atoms with Crippen LogP contribution in [0.3, 0.4) is 0 Å². The van der Waals surface area contributed by atoms with Crippen LogP contribution in [0.5, 0.6) is 17.2 Å². The number of halogens is 4. The standard InChI is InChI=1S/C29H35FN4O4.C25H27FN4O4.C13H13NO.I2/c1-28(2,3)38-27(35)20-37-21-29(30)14-16-33(17-15-29)25-18-31-19-26(32-25)34(22-8-6-5-7-9-22)23-10-12-24(36-4)13-11-23;1-33-21-9-7-20(8-10-21)30(19-5-3-2-4-6-19)23-16-27-15-22(28-23)29-13-11-25(26,12-14-29)18-34-17-24(31)32;1-15-13-9-7-12(8-10-13)14-11-5-3-2-4-6-11;1-2/h5-13,18-19H,14-17,20-21H2,1-4H3;2-10,15-16H,11-14,17-18H2,1H3,(H,31,32);2-10,14H,1H3;. The first-order valence-corrected chi connectivity index (χ1v) is 35.0. The van der Waals surface area contributed by atoms with Crippen LogP contribution in [0.15, 0.2) is 189 Å². The summed E-state index contributed by atoms with van der Waals surface area (Å²) in [6, 6.07) is 53.1. The topological polar surface area (TPSA) is 186 Å². The van der Waals surface area contributed by atoms with Crippen LogP contribution in [0.4, 0.5) is 66.2 Å². The van der Waals surface area contributed by atoms with Gasteiger partial charge in [0.15, 0.2) is 11.6 Å². The van der Waals surface area contributed by atoms with Crippen molar-refractivity contribution < 1.29 is 51.9 Å². The smallest absolute Gasteiger partial charge is 0.332 e. The van der Waals surface area contributed by atoms with E-state index in [4.69, 9.17) is 43.5 Å². The van der Waals surface area contributed by atoms with Crippen molar-refractivity contribution in [2.24, 2.45) is 0 Å². The molecule has 0 unspecified atom stereocenters. The van der Waals surface area contributed by atoms with E-state index < -0.39 is 35.5 Å². The van der Waals surface area contributed by atoms with Gasteiger partial charge in [0.25, 0.3) is 0 Å². The number of carboxylic acids is 1. The summed E-state index contributed by atoms with van der Waals surface area (Å²) in [4.78, 5) is 49.2. The number of aliphatic carboxylic acids is 1. The van der Waals surface area contributed by atoms with Gasteiger partial charge in [-0.3, -0.25) is 19.8 Å². The number of piperidine rings is 2. The Kier molecular flexibility index (Phi) is 26.3. The number of nitrogens with one attached hydrogen (secondary N) is 1. The largest absolute Gasteiger partial charge is 0.497 e. The third kappa shape index (κ3) is 21.4. The highest BCUT2D eigenvalue weighted by Gasteiger charge is 2.37. The molecule has 8 aromatic rings. The molecule has 0 radical (unpaired) electrons. The molecule has 22 heteroatoms. The molecule has 0 spiro atoms. The predicted molar refractivity (Wildman–Crippen MR) is 363 cm³/mol. The van der Waals surface area contributed by atoms with Gasteiger partial charge >= 0.3 is 11.9 Å². The summed E-state index contributed by atoms with van der Waals surface area (Å²) >= 11 is 4.24. The number of carbonyl (C=O) groups is 2. The number of carbonyl (C=O) groups excluding carboxylic acids is 1. The lowest BCUT2D eigenvalue weighted by molar-refractivity contribution is -0.161. The highest BCUT2D eigenvalue weighted by Crippen LogP contribution is 2.38. The molecule has 89 heavy (non-hydrogen) atoms. The molecular formula is C67H75F2I2N9O9. The summed E-state index contributed by atoms with van der Waals surface area (Å²) in [7, 11) is 4.93. The molecule has 2 aliphatic heterocycles. The Labute approximate surface area is 542 Å². The number of aromatic nitrogens is 4. The van der Waals surface area contributed by atoms with E-state index in [0.29, 0.717) is 49.5 Å². The van der Waals surface area contributed by atoms with E-state index in [0.717, 1.165) is 51.4 Å². The first kappa shape index (κ1) is 68.5. The second-order valence-corrected chi connectivity index (χ2v) is 21.7. The molecule has 2 N–H and O–H groups in total. The van der Waals surface area contributed by atoms with Gasteiger partial charge in [-0.1, -0.05) is 54.6 Å². The number of rotatable bonds is 21. The third-order valence-corrected chi connectivity index (χ3v) is 14.1. The molecule has 0 amide bonds. The molecule has 2 saturated heterocycles. The predicted octanol–water partition coefficient (Wildman–Crippen LogP) is 15.2. The minimum Gasteiger partial charge on any atom is -0.497 e. The second kappa shape index (κ2) is 34.1. The maximum Gasteiger partial charge on any atom is 0.332 e. The summed E-state index contributed by atoms with van der Waals surface area (Å²) < 4.78 is 61.7. The number of benzene rings is 6. The average molecular weight is 1440 g/mol. The number of anilines is 10. The van der Waals surface area contributed by atoms with Gasteiger partial charge in [-0.25, -0.2) is 28.3 Å². The van der Waals surface area contributed by atoms with Crippen LogP contribution >= 0.6 is 37.2 Å². The normalized spacial score (nSPS) is 13.9. The molecule has 0 atom stereocenters. The third-order valence-electron chi connectivity index (χ3n) is 14.1. The van der Waals surface area contributed by atoms with Crippen molar-refractivity contribution in [3.05, 3.63) is 189 Å². The van der Waals surface area contributed by atoms with Crippen molar-refractivity contribution in [1.82, 2.24) is 19.9 Å². The Morgan fingerprint density at radius 1 is 0.528 bits per heavy atom. The molecule has 0 saturated carbocycles. The Morgan fingerprint density at radius 3 is 1.25 bits per heavy atom. The minimum absolute atomic E-state index is 0.148. The number of alkyl halides is 2. The van der Waals surface area contributed by atoms with Crippen molar-refractivity contribution in [3.63, 3.8) is 0 Å². The number of para-hydroxylation sites is 3. The van der Waals surface area contributed by atoms with Crippen LogP contribution in [0.25, 0.3) is 0 Å². The van der Waals surface area contributed by atoms with Crippen LogP contribution in [0, 0.1) is 0 Å². The number of esters is 1. The molecule has 4 heterocycles. The zero-order valence-corrected chi connectivity index (χ0v) is 55.0. The van der Waals surface area contributed by atoms with Crippen LogP contribution in [-0.4, -0.2) is 128 Å². The quantitative estimate of drug-likeness (QED) is 0.0510. The number of hydrogen-bond donors (Lipinski definition) is 2. The van der Waals surface area contributed by atoms with E-state index in [1.165, 1.54) is 0 Å². The fourth-order valence-corrected chi connectivity index (χ4v) is 9.59. The van der Waals surface area contributed by atoms with E-state index in [-0.39, 0.29) is 45.5 Å². The molecule has 2 aliphatic rings. The van der Waals surface area contributed by atoms with Gasteiger partial charge in [0.1, 0.15) is 59.0 Å². The number of methoxy groups -OCH3 is 3. The van der Waals surface area contributed by atoms with Crippen molar-refractivity contribution in [2.45, 2.75) is 63.4 Å². The maximum absolute atomic E-state index is 15.4. The van der Waals surface area contributed by atoms with E-state index in [1.807, 2.05) is 183 Å². The first-order chi connectivity index (χ1) is 43.0. The zero-order valence-electron chi connectivity index (χ0n) is 50.7. The Morgan fingerprint density at radius 2 is 0.876 bits per heavy atom. The van der Waals surface area contributed by atoms with Gasteiger partial charge in [-0.2, -0.15) is 0 Å². The van der Waals surface area contributed by atoms with Crippen LogP contribution in [0.1, 0.15) is 46.5 Å². The van der Waals surface area contributed by atoms with E-state index >= 15 is 8.78 Å². The molecule has 2 aromatic heterocycles. The number of hydrogen-bond acceptors (Lipinski definition) is 17. The number of carboxylic acid groups (broad SMARTS) is 1. The SMILES string of the molecule is COc1ccc(N(c2ccccc2)c2cncc(N3CCC(F)(COCC(=O)O)CC3)n2)cc1.COc1ccc(N(c2ccccc2)c2cncc(N3CCC(F)(COCC(=O)OC(C)(C)C)CC3)n2)cc1.COc1ccc(Nc2ccccc2)cc1.II. The number of ether oxygens (including phenoxy) is 6.